The van der Waals surface area contributed by atoms with E-state index < -0.39 is 28.1 Å². The van der Waals surface area contributed by atoms with Crippen LogP contribution in [0.1, 0.15) is 11.1 Å². The third kappa shape index (κ3) is 4.70. The number of aromatic nitrogens is 1. The Labute approximate surface area is 99.2 Å². The summed E-state index contributed by atoms with van der Waals surface area (Å²) in [6, 6.07) is 5.00. The first-order chi connectivity index (χ1) is 7.55. The Hall–Kier alpha value is -0.290. The monoisotopic (exact) mass is 281 g/mol. The van der Waals surface area contributed by atoms with E-state index >= 15 is 0 Å². The van der Waals surface area contributed by atoms with Crippen LogP contribution in [0.15, 0.2) is 24.4 Å². The van der Waals surface area contributed by atoms with Gasteiger partial charge in [-0.1, -0.05) is 6.07 Å². The SMILES string of the molecule is O=POCP(=O)(O)OC(S)c1ccccn1. The van der Waals surface area contributed by atoms with Crippen molar-refractivity contribution in [2.75, 3.05) is 6.35 Å². The highest BCUT2D eigenvalue weighted by atomic mass is 32.1. The highest BCUT2D eigenvalue weighted by molar-refractivity contribution is 7.80. The van der Waals surface area contributed by atoms with E-state index in [4.69, 9.17) is 4.52 Å². The maximum atomic E-state index is 11.3. The van der Waals surface area contributed by atoms with Gasteiger partial charge >= 0.3 is 16.3 Å². The van der Waals surface area contributed by atoms with Crippen LogP contribution in [0.5, 0.6) is 0 Å². The van der Waals surface area contributed by atoms with Gasteiger partial charge in [0.1, 0.15) is 0 Å². The van der Waals surface area contributed by atoms with Gasteiger partial charge in [-0.25, -0.2) is 4.57 Å². The van der Waals surface area contributed by atoms with E-state index in [1.807, 2.05) is 0 Å². The lowest BCUT2D eigenvalue weighted by Gasteiger charge is -2.15. The summed E-state index contributed by atoms with van der Waals surface area (Å²) in [5.41, 5.74) is -0.538. The molecule has 0 saturated heterocycles. The van der Waals surface area contributed by atoms with Crippen molar-refractivity contribution in [1.29, 1.82) is 0 Å². The summed E-state index contributed by atoms with van der Waals surface area (Å²) in [7, 11) is -4.66. The lowest BCUT2D eigenvalue weighted by molar-refractivity contribution is 0.220. The van der Waals surface area contributed by atoms with Crippen molar-refractivity contribution in [2.45, 2.75) is 5.44 Å². The highest BCUT2D eigenvalue weighted by Gasteiger charge is 2.25. The first-order valence-corrected chi connectivity index (χ1v) is 7.10. The van der Waals surface area contributed by atoms with Crippen LogP contribution >= 0.6 is 28.9 Å². The molecule has 1 N–H and O–H groups in total. The molecule has 0 spiro atoms. The molecule has 0 fully saturated rings. The third-order valence-electron chi connectivity index (χ3n) is 1.48. The zero-order chi connectivity index (χ0) is 12.0. The minimum absolute atomic E-state index is 0.403. The topological polar surface area (TPSA) is 85.7 Å². The quantitative estimate of drug-likeness (QED) is 0.473. The first-order valence-electron chi connectivity index (χ1n) is 4.09. The first kappa shape index (κ1) is 13.8. The number of hydrogen-bond acceptors (Lipinski definition) is 6. The number of thiol groups is 1. The molecule has 0 aliphatic carbocycles. The van der Waals surface area contributed by atoms with Crippen LogP contribution in [0.2, 0.25) is 0 Å². The van der Waals surface area contributed by atoms with Crippen LogP contribution in [0.25, 0.3) is 0 Å². The summed E-state index contributed by atoms with van der Waals surface area (Å²) < 4.78 is 30.3. The molecule has 0 aliphatic heterocycles. The van der Waals surface area contributed by atoms with Gasteiger partial charge in [-0.05, 0) is 12.1 Å². The Morgan fingerprint density at radius 2 is 2.38 bits per heavy atom. The normalized spacial score (nSPS) is 16.9. The number of rotatable bonds is 6. The van der Waals surface area contributed by atoms with Crippen LogP contribution < -0.4 is 0 Å². The zero-order valence-corrected chi connectivity index (χ0v) is 10.6. The molecule has 2 atom stereocenters. The van der Waals surface area contributed by atoms with Crippen LogP contribution in [-0.2, 0) is 18.2 Å². The average Bonchev–Trinajstić information content (AvgIpc) is 2.27. The second-order valence-corrected chi connectivity index (χ2v) is 5.30. The van der Waals surface area contributed by atoms with Crippen molar-refractivity contribution in [1.82, 2.24) is 4.98 Å². The van der Waals surface area contributed by atoms with Crippen molar-refractivity contribution >= 4 is 28.9 Å². The fourth-order valence-electron chi connectivity index (χ4n) is 0.859. The molecule has 1 rings (SSSR count). The molecule has 6 nitrogen and oxygen atoms in total. The Morgan fingerprint density at radius 1 is 1.62 bits per heavy atom. The van der Waals surface area contributed by atoms with E-state index in [-0.39, 0.29) is 0 Å². The van der Waals surface area contributed by atoms with Crippen molar-refractivity contribution in [3.8, 4) is 0 Å². The maximum Gasteiger partial charge on any atom is 0.356 e. The van der Waals surface area contributed by atoms with Gasteiger partial charge in [-0.2, -0.15) is 0 Å². The van der Waals surface area contributed by atoms with Gasteiger partial charge in [0.15, 0.2) is 11.8 Å². The molecule has 0 aliphatic rings. The van der Waals surface area contributed by atoms with E-state index in [9.17, 15) is 14.0 Å². The van der Waals surface area contributed by atoms with Gasteiger partial charge in [0.05, 0.1) is 5.69 Å². The minimum atomic E-state index is -3.98. The van der Waals surface area contributed by atoms with Crippen molar-refractivity contribution in [2.24, 2.45) is 0 Å². The van der Waals surface area contributed by atoms with E-state index in [1.165, 1.54) is 6.20 Å². The molecule has 1 heterocycles. The Bertz CT molecular complexity index is 390. The third-order valence-corrected chi connectivity index (χ3v) is 3.45. The molecule has 88 valence electrons. The fourth-order valence-corrected chi connectivity index (χ4v) is 2.71. The molecular formula is C7H9NO5P2S. The second-order valence-electron chi connectivity index (χ2n) is 2.68. The van der Waals surface area contributed by atoms with Gasteiger partial charge in [-0.15, -0.1) is 12.6 Å². The smallest absolute Gasteiger partial charge is 0.323 e. The van der Waals surface area contributed by atoms with Crippen LogP contribution in [0.4, 0.5) is 0 Å². The fraction of sp³-hybridized carbons (Fsp3) is 0.286. The molecule has 9 heteroatoms. The largest absolute Gasteiger partial charge is 0.356 e. The Kier molecular flexibility index (Phi) is 5.55. The summed E-state index contributed by atoms with van der Waals surface area (Å²) in [6.45, 7) is 0. The van der Waals surface area contributed by atoms with E-state index in [0.29, 0.717) is 5.69 Å². The second kappa shape index (κ2) is 6.45. The molecule has 1 aromatic rings. The summed E-state index contributed by atoms with van der Waals surface area (Å²) in [4.78, 5) is 13.2. The van der Waals surface area contributed by atoms with E-state index in [2.05, 4.69) is 22.1 Å². The Morgan fingerprint density at radius 3 is 2.94 bits per heavy atom. The number of hydrogen-bond donors (Lipinski definition) is 2. The van der Waals surface area contributed by atoms with Crippen molar-refractivity contribution < 1.29 is 23.1 Å². The summed E-state index contributed by atoms with van der Waals surface area (Å²) in [6.07, 6.45) is 0.846. The van der Waals surface area contributed by atoms with Crippen molar-refractivity contribution in [3.63, 3.8) is 0 Å². The molecule has 0 radical (unpaired) electrons. The molecule has 0 amide bonds. The summed E-state index contributed by atoms with van der Waals surface area (Å²) >= 11 is 3.98. The van der Waals surface area contributed by atoms with Gasteiger partial charge in [-0.3, -0.25) is 18.6 Å². The van der Waals surface area contributed by atoms with Gasteiger partial charge < -0.3 is 4.89 Å². The van der Waals surface area contributed by atoms with Crippen molar-refractivity contribution in [3.05, 3.63) is 30.1 Å². The molecule has 2 unspecified atom stereocenters. The molecule has 0 saturated carbocycles. The lowest BCUT2D eigenvalue weighted by atomic mass is 10.4. The maximum absolute atomic E-state index is 11.3. The molecule has 1 aromatic heterocycles. The standard InChI is InChI=1S/C7H9NO5P2S/c9-14-12-5-15(10,11)13-7(16)6-3-1-2-4-8-6/h1-4,7,16H,5H2,(H,10,11). The molecule has 16 heavy (non-hydrogen) atoms. The van der Waals surface area contributed by atoms with Gasteiger partial charge in [0.25, 0.3) is 0 Å². The highest BCUT2D eigenvalue weighted by Crippen LogP contribution is 2.48. The molecule has 0 bridgehead atoms. The Balaban J connectivity index is 2.60. The van der Waals surface area contributed by atoms with Gasteiger partial charge in [0, 0.05) is 6.20 Å². The lowest BCUT2D eigenvalue weighted by Crippen LogP contribution is -2.00. The van der Waals surface area contributed by atoms with Crippen LogP contribution in [0.3, 0.4) is 0 Å². The zero-order valence-electron chi connectivity index (χ0n) is 7.96. The predicted molar refractivity (Wildman–Crippen MR) is 60.4 cm³/mol. The number of nitrogens with zero attached hydrogens (tertiary/aromatic N) is 1. The van der Waals surface area contributed by atoms with E-state index in [1.54, 1.807) is 18.2 Å². The summed E-state index contributed by atoms with van der Waals surface area (Å²) in [5.74, 6) is 0. The minimum Gasteiger partial charge on any atom is -0.323 e. The number of pyridine rings is 1. The van der Waals surface area contributed by atoms with Crippen LogP contribution in [0, 0.1) is 0 Å². The average molecular weight is 281 g/mol. The van der Waals surface area contributed by atoms with Crippen LogP contribution in [-0.4, -0.2) is 16.2 Å². The molecule has 0 aromatic carbocycles. The summed E-state index contributed by atoms with van der Waals surface area (Å²) in [5, 5.41) is 0. The predicted octanol–water partition coefficient (Wildman–Crippen LogP) is 2.39. The van der Waals surface area contributed by atoms with Gasteiger partial charge in [0.2, 0.25) is 0 Å². The van der Waals surface area contributed by atoms with E-state index in [0.717, 1.165) is 0 Å². The molecular weight excluding hydrogens is 272 g/mol.